The summed E-state index contributed by atoms with van der Waals surface area (Å²) in [5, 5.41) is 24.1. The van der Waals surface area contributed by atoms with E-state index in [-0.39, 0.29) is 16.8 Å². The Morgan fingerprint density at radius 2 is 1.76 bits per heavy atom. The van der Waals surface area contributed by atoms with Gasteiger partial charge in [-0.3, -0.25) is 10.1 Å². The molecule has 0 bridgehead atoms. The summed E-state index contributed by atoms with van der Waals surface area (Å²) in [4.78, 5) is 36.0. The van der Waals surface area contributed by atoms with Gasteiger partial charge in [-0.05, 0) is 38.0 Å². The Labute approximate surface area is 191 Å². The third-order valence-corrected chi connectivity index (χ3v) is 5.28. The quantitative estimate of drug-likeness (QED) is 0.362. The second-order valence-corrected chi connectivity index (χ2v) is 7.67. The number of esters is 1. The number of carbonyl (C=O) groups is 2. The number of carboxylic acid groups (broad SMARTS) is 1. The number of ether oxygens (including phenoxy) is 1. The van der Waals surface area contributed by atoms with Crippen LogP contribution in [0.4, 0.5) is 5.69 Å². The van der Waals surface area contributed by atoms with Crippen molar-refractivity contribution in [3.63, 3.8) is 0 Å². The molecule has 2 N–H and O–H groups in total. The molecule has 170 valence electrons. The molecule has 0 spiro atoms. The first kappa shape index (κ1) is 23.5. The average Bonchev–Trinajstić information content (AvgIpc) is 2.77. The molecule has 2 unspecified atom stereocenters. The maximum Gasteiger partial charge on any atom is 0.337 e. The van der Waals surface area contributed by atoms with Crippen LogP contribution < -0.4 is 5.32 Å². The van der Waals surface area contributed by atoms with Crippen LogP contribution in [-0.4, -0.2) is 28.1 Å². The van der Waals surface area contributed by atoms with E-state index >= 15 is 0 Å². The number of carbonyl (C=O) groups excluding carboxylic acids is 1. The minimum absolute atomic E-state index is 0.0690. The summed E-state index contributed by atoms with van der Waals surface area (Å²) in [6, 6.07) is 15.1. The van der Waals surface area contributed by atoms with Crippen LogP contribution in [0.2, 0.25) is 0 Å². The molecular formula is C25H24N2O6. The van der Waals surface area contributed by atoms with Crippen molar-refractivity contribution in [3.8, 4) is 0 Å². The number of nitrogens with one attached hydrogen (secondary N) is 1. The Bertz CT molecular complexity index is 1180. The van der Waals surface area contributed by atoms with Crippen molar-refractivity contribution in [2.24, 2.45) is 0 Å². The van der Waals surface area contributed by atoms with E-state index in [0.29, 0.717) is 17.0 Å². The van der Waals surface area contributed by atoms with Gasteiger partial charge >= 0.3 is 11.9 Å². The molecule has 0 aliphatic carbocycles. The number of nitro groups is 1. The maximum absolute atomic E-state index is 13.2. The van der Waals surface area contributed by atoms with Crippen molar-refractivity contribution in [2.45, 2.75) is 32.8 Å². The number of hydrogen-bond acceptors (Lipinski definition) is 6. The molecule has 1 aliphatic heterocycles. The average molecular weight is 448 g/mol. The van der Waals surface area contributed by atoms with Crippen molar-refractivity contribution >= 4 is 23.7 Å². The number of nitrogens with zero attached hydrogens (tertiary/aromatic N) is 1. The lowest BCUT2D eigenvalue weighted by Gasteiger charge is -2.30. The molecule has 0 fully saturated rings. The molecule has 8 heteroatoms. The third kappa shape index (κ3) is 5.35. The highest BCUT2D eigenvalue weighted by Crippen LogP contribution is 2.39. The van der Waals surface area contributed by atoms with E-state index in [4.69, 9.17) is 4.74 Å². The molecule has 0 amide bonds. The zero-order valence-electron chi connectivity index (χ0n) is 18.4. The summed E-state index contributed by atoms with van der Waals surface area (Å²) in [5.41, 5.74) is 1.87. The maximum atomic E-state index is 13.2. The fraction of sp³-hybridized carbons (Fsp3) is 0.200. The van der Waals surface area contributed by atoms with Crippen molar-refractivity contribution < 1.29 is 24.4 Å². The number of dihydropyridines is 1. The largest absolute Gasteiger partial charge is 0.478 e. The van der Waals surface area contributed by atoms with Gasteiger partial charge in [-0.2, -0.15) is 0 Å². The van der Waals surface area contributed by atoms with E-state index < -0.39 is 28.9 Å². The summed E-state index contributed by atoms with van der Waals surface area (Å²) >= 11 is 0. The Morgan fingerprint density at radius 3 is 2.39 bits per heavy atom. The summed E-state index contributed by atoms with van der Waals surface area (Å²) in [6.45, 7) is 4.93. The molecule has 0 radical (unpaired) electrons. The molecule has 1 aliphatic rings. The molecule has 33 heavy (non-hydrogen) atoms. The van der Waals surface area contributed by atoms with Gasteiger partial charge < -0.3 is 15.2 Å². The highest BCUT2D eigenvalue weighted by molar-refractivity contribution is 5.99. The number of benzene rings is 2. The van der Waals surface area contributed by atoms with Crippen LogP contribution in [0.5, 0.6) is 0 Å². The van der Waals surface area contributed by atoms with Gasteiger partial charge in [0.1, 0.15) is 6.10 Å². The van der Waals surface area contributed by atoms with Gasteiger partial charge in [0.15, 0.2) is 0 Å². The fourth-order valence-corrected chi connectivity index (χ4v) is 3.78. The first-order valence-corrected chi connectivity index (χ1v) is 10.3. The molecule has 0 aromatic heterocycles. The molecule has 0 saturated heterocycles. The summed E-state index contributed by atoms with van der Waals surface area (Å²) in [5.74, 6) is -2.96. The van der Waals surface area contributed by atoms with E-state index in [0.717, 1.165) is 5.56 Å². The van der Waals surface area contributed by atoms with Gasteiger partial charge in [0, 0.05) is 23.5 Å². The number of rotatable bonds is 7. The Hall–Kier alpha value is -4.20. The Kier molecular flexibility index (Phi) is 7.07. The van der Waals surface area contributed by atoms with E-state index in [1.54, 1.807) is 32.9 Å². The van der Waals surface area contributed by atoms with E-state index in [2.05, 4.69) is 5.32 Å². The number of allylic oxidation sites excluding steroid dienone is 2. The SMILES string of the molecule is CC1=C(C(=O)O)C(c2cccc([N+](=O)[O-])c2)C(C(=O)OC(C)C=Cc2ccccc2)=C(C)N1. The normalized spacial score (nSPS) is 17.0. The zero-order valence-corrected chi connectivity index (χ0v) is 18.4. The summed E-state index contributed by atoms with van der Waals surface area (Å²) in [7, 11) is 0. The van der Waals surface area contributed by atoms with Gasteiger partial charge in [-0.1, -0.05) is 48.5 Å². The van der Waals surface area contributed by atoms with Crippen molar-refractivity contribution in [3.05, 3.63) is 104 Å². The number of non-ortho nitro benzene ring substituents is 1. The molecule has 2 aromatic carbocycles. The minimum Gasteiger partial charge on any atom is -0.478 e. The van der Waals surface area contributed by atoms with Gasteiger partial charge in [-0.15, -0.1) is 0 Å². The highest BCUT2D eigenvalue weighted by atomic mass is 16.6. The Balaban J connectivity index is 1.97. The summed E-state index contributed by atoms with van der Waals surface area (Å²) in [6.07, 6.45) is 2.95. The third-order valence-electron chi connectivity index (χ3n) is 5.28. The van der Waals surface area contributed by atoms with Crippen LogP contribution in [0.1, 0.15) is 37.8 Å². The number of hydrogen-bond donors (Lipinski definition) is 2. The van der Waals surface area contributed by atoms with Crippen LogP contribution in [0.15, 0.2) is 83.2 Å². The van der Waals surface area contributed by atoms with Crippen LogP contribution >= 0.6 is 0 Å². The number of aliphatic carboxylic acids is 1. The minimum atomic E-state index is -1.23. The van der Waals surface area contributed by atoms with Crippen molar-refractivity contribution in [1.82, 2.24) is 5.32 Å². The predicted octanol–water partition coefficient (Wildman–Crippen LogP) is 4.56. The monoisotopic (exact) mass is 448 g/mol. The van der Waals surface area contributed by atoms with Crippen LogP contribution in [0.25, 0.3) is 6.08 Å². The molecule has 2 atom stereocenters. The lowest BCUT2D eigenvalue weighted by Crippen LogP contribution is -2.32. The zero-order chi connectivity index (χ0) is 24.1. The lowest BCUT2D eigenvalue weighted by atomic mass is 9.80. The first-order chi connectivity index (χ1) is 15.7. The van der Waals surface area contributed by atoms with Gasteiger partial charge in [-0.25, -0.2) is 9.59 Å². The molecule has 1 heterocycles. The second kappa shape index (κ2) is 9.95. The van der Waals surface area contributed by atoms with Crippen molar-refractivity contribution in [2.75, 3.05) is 0 Å². The summed E-state index contributed by atoms with van der Waals surface area (Å²) < 4.78 is 5.60. The topological polar surface area (TPSA) is 119 Å². The van der Waals surface area contributed by atoms with E-state index in [1.165, 1.54) is 18.2 Å². The second-order valence-electron chi connectivity index (χ2n) is 7.67. The highest BCUT2D eigenvalue weighted by Gasteiger charge is 2.38. The van der Waals surface area contributed by atoms with E-state index in [9.17, 15) is 24.8 Å². The van der Waals surface area contributed by atoms with Crippen LogP contribution in [0.3, 0.4) is 0 Å². The first-order valence-electron chi connectivity index (χ1n) is 10.3. The smallest absolute Gasteiger partial charge is 0.337 e. The molecule has 2 aromatic rings. The fourth-order valence-electron chi connectivity index (χ4n) is 3.78. The van der Waals surface area contributed by atoms with E-state index in [1.807, 2.05) is 36.4 Å². The number of carboxylic acids is 1. The molecule has 3 rings (SSSR count). The molecule has 0 saturated carbocycles. The lowest BCUT2D eigenvalue weighted by molar-refractivity contribution is -0.384. The predicted molar refractivity (Wildman–Crippen MR) is 123 cm³/mol. The van der Waals surface area contributed by atoms with Crippen LogP contribution in [0, 0.1) is 10.1 Å². The van der Waals surface area contributed by atoms with Crippen LogP contribution in [-0.2, 0) is 14.3 Å². The Morgan fingerprint density at radius 1 is 1.09 bits per heavy atom. The van der Waals surface area contributed by atoms with Crippen molar-refractivity contribution in [1.29, 1.82) is 0 Å². The van der Waals surface area contributed by atoms with Gasteiger partial charge in [0.05, 0.1) is 22.0 Å². The molecular weight excluding hydrogens is 424 g/mol. The van der Waals surface area contributed by atoms with Gasteiger partial charge in [0.2, 0.25) is 0 Å². The standard InChI is InChI=1S/C25H24N2O6/c1-15(12-13-18-8-5-4-6-9-18)33-25(30)22-17(3)26-16(2)21(24(28)29)23(22)19-10-7-11-20(14-19)27(31)32/h4-15,23,26H,1-3H3,(H,28,29). The molecule has 8 nitrogen and oxygen atoms in total. The van der Waals surface area contributed by atoms with Gasteiger partial charge in [0.25, 0.3) is 5.69 Å². The number of nitro benzene ring substituents is 1.